The molecule has 2 atom stereocenters. The Kier molecular flexibility index (Phi) is 7.81. The van der Waals surface area contributed by atoms with E-state index in [1.807, 2.05) is 47.0 Å². The smallest absolute Gasteiger partial charge is 0.254 e. The number of carbonyl (C=O) groups excluding carboxylic acids is 1. The number of benzene rings is 2. The number of thioether (sulfide) groups is 1. The number of hydrogen-bond acceptors (Lipinski definition) is 6. The zero-order valence-electron chi connectivity index (χ0n) is 18.7. The first-order valence-corrected chi connectivity index (χ1v) is 12.3. The summed E-state index contributed by atoms with van der Waals surface area (Å²) in [6, 6.07) is 13.7. The van der Waals surface area contributed by atoms with Gasteiger partial charge in [-0.1, -0.05) is 30.3 Å². The number of hydrogen-bond donors (Lipinski definition) is 0. The molecule has 2 heterocycles. The van der Waals surface area contributed by atoms with Crippen LogP contribution in [-0.2, 0) is 11.3 Å². The maximum atomic E-state index is 13.7. The molecule has 0 saturated carbocycles. The summed E-state index contributed by atoms with van der Waals surface area (Å²) >= 11 is 1.90. The van der Waals surface area contributed by atoms with E-state index >= 15 is 0 Å². The molecule has 0 spiro atoms. The van der Waals surface area contributed by atoms with E-state index < -0.39 is 0 Å². The van der Waals surface area contributed by atoms with E-state index in [4.69, 9.17) is 18.9 Å². The Labute approximate surface area is 194 Å². The molecule has 2 aliphatic heterocycles. The summed E-state index contributed by atoms with van der Waals surface area (Å²) in [6.07, 6.45) is 3.18. The number of nitrogens with zero attached hydrogens (tertiary/aromatic N) is 1. The second-order valence-electron chi connectivity index (χ2n) is 8.09. The number of methoxy groups -OCH3 is 2. The van der Waals surface area contributed by atoms with E-state index in [0.717, 1.165) is 42.9 Å². The van der Waals surface area contributed by atoms with Crippen molar-refractivity contribution in [1.82, 2.24) is 4.90 Å². The van der Waals surface area contributed by atoms with Crippen LogP contribution in [0.1, 0.15) is 35.2 Å². The van der Waals surface area contributed by atoms with Gasteiger partial charge in [0.1, 0.15) is 6.61 Å². The summed E-state index contributed by atoms with van der Waals surface area (Å²) in [5.74, 6) is 3.50. The van der Waals surface area contributed by atoms with Crippen LogP contribution in [0.3, 0.4) is 0 Å². The third-order valence-electron chi connectivity index (χ3n) is 5.97. The van der Waals surface area contributed by atoms with Crippen molar-refractivity contribution in [3.05, 3.63) is 53.6 Å². The third-order valence-corrected chi connectivity index (χ3v) is 7.11. The van der Waals surface area contributed by atoms with Gasteiger partial charge >= 0.3 is 0 Å². The minimum Gasteiger partial charge on any atom is -0.493 e. The average molecular weight is 458 g/mol. The van der Waals surface area contributed by atoms with E-state index in [0.29, 0.717) is 36.0 Å². The minimum absolute atomic E-state index is 0.0146. The zero-order chi connectivity index (χ0) is 22.3. The van der Waals surface area contributed by atoms with Gasteiger partial charge in [-0.05, 0) is 42.7 Å². The van der Waals surface area contributed by atoms with Crippen molar-refractivity contribution < 1.29 is 23.7 Å². The van der Waals surface area contributed by atoms with Gasteiger partial charge < -0.3 is 23.8 Å². The number of amides is 1. The lowest BCUT2D eigenvalue weighted by Crippen LogP contribution is -2.44. The normalized spacial score (nSPS) is 20.2. The first kappa shape index (κ1) is 22.8. The van der Waals surface area contributed by atoms with Crippen molar-refractivity contribution in [2.45, 2.75) is 38.0 Å². The zero-order valence-corrected chi connectivity index (χ0v) is 19.6. The number of carbonyl (C=O) groups is 1. The molecule has 2 aromatic rings. The monoisotopic (exact) mass is 457 g/mol. The van der Waals surface area contributed by atoms with Gasteiger partial charge in [-0.25, -0.2) is 0 Å². The predicted molar refractivity (Wildman–Crippen MR) is 126 cm³/mol. The van der Waals surface area contributed by atoms with Crippen molar-refractivity contribution in [2.24, 2.45) is 0 Å². The summed E-state index contributed by atoms with van der Waals surface area (Å²) < 4.78 is 23.1. The largest absolute Gasteiger partial charge is 0.493 e. The highest BCUT2D eigenvalue weighted by Gasteiger charge is 2.32. The van der Waals surface area contributed by atoms with Gasteiger partial charge in [0.05, 0.1) is 20.3 Å². The van der Waals surface area contributed by atoms with Crippen LogP contribution in [0.25, 0.3) is 0 Å². The average Bonchev–Trinajstić information content (AvgIpc) is 3.55. The van der Waals surface area contributed by atoms with Gasteiger partial charge in [0.15, 0.2) is 11.5 Å². The molecular weight excluding hydrogens is 426 g/mol. The molecule has 0 N–H and O–H groups in total. The highest BCUT2D eigenvalue weighted by Crippen LogP contribution is 2.40. The molecule has 0 radical (unpaired) electrons. The molecule has 4 rings (SSSR count). The summed E-state index contributed by atoms with van der Waals surface area (Å²) in [4.78, 5) is 15.7. The van der Waals surface area contributed by atoms with Crippen molar-refractivity contribution in [2.75, 3.05) is 38.9 Å². The molecule has 2 saturated heterocycles. The summed E-state index contributed by atoms with van der Waals surface area (Å²) in [5, 5.41) is 0. The lowest BCUT2D eigenvalue weighted by molar-refractivity contribution is 0.0441. The lowest BCUT2D eigenvalue weighted by atomic mass is 10.1. The SMILES string of the molecule is COc1cc(C(=O)N(CC2CCCO2)C2CCSC2)cc(OC)c1OCc1ccccc1. The molecule has 1 amide bonds. The van der Waals surface area contributed by atoms with Gasteiger partial charge in [0.25, 0.3) is 5.91 Å². The summed E-state index contributed by atoms with van der Waals surface area (Å²) in [7, 11) is 3.16. The van der Waals surface area contributed by atoms with Crippen LogP contribution in [0.2, 0.25) is 0 Å². The molecular formula is C25H31NO5S. The van der Waals surface area contributed by atoms with Crippen molar-refractivity contribution in [1.29, 1.82) is 0 Å². The molecule has 0 aromatic heterocycles. The Hall–Kier alpha value is -2.38. The van der Waals surface area contributed by atoms with Gasteiger partial charge in [-0.15, -0.1) is 0 Å². The third kappa shape index (κ3) is 5.33. The standard InChI is InChI=1S/C25H31NO5S/c1-28-22-13-19(14-23(29-2)24(22)31-16-18-7-4-3-5-8-18)25(27)26(20-10-12-32-17-20)15-21-9-6-11-30-21/h3-5,7-8,13-14,20-21H,6,9-12,15-17H2,1-2H3. The van der Waals surface area contributed by atoms with Gasteiger partial charge in [0.2, 0.25) is 5.75 Å². The fourth-order valence-electron chi connectivity index (χ4n) is 4.21. The van der Waals surface area contributed by atoms with Gasteiger partial charge in [-0.2, -0.15) is 11.8 Å². The van der Waals surface area contributed by atoms with Crippen LogP contribution in [0.5, 0.6) is 17.2 Å². The Bertz CT molecular complexity index is 869. The Morgan fingerprint density at radius 2 is 1.88 bits per heavy atom. The van der Waals surface area contributed by atoms with Gasteiger partial charge in [-0.3, -0.25) is 4.79 Å². The Morgan fingerprint density at radius 1 is 1.12 bits per heavy atom. The van der Waals surface area contributed by atoms with Gasteiger partial charge in [0, 0.05) is 30.5 Å². The molecule has 6 nitrogen and oxygen atoms in total. The fraction of sp³-hybridized carbons (Fsp3) is 0.480. The second kappa shape index (κ2) is 11.0. The quantitative estimate of drug-likeness (QED) is 0.556. The lowest BCUT2D eigenvalue weighted by Gasteiger charge is -2.31. The van der Waals surface area contributed by atoms with Crippen molar-refractivity contribution in [3.8, 4) is 17.2 Å². The molecule has 2 aromatic carbocycles. The molecule has 2 aliphatic rings. The van der Waals surface area contributed by atoms with Crippen molar-refractivity contribution in [3.63, 3.8) is 0 Å². The van der Waals surface area contributed by atoms with E-state index in [2.05, 4.69) is 0 Å². The predicted octanol–water partition coefficient (Wildman–Crippen LogP) is 4.41. The Balaban J connectivity index is 1.58. The van der Waals surface area contributed by atoms with Crippen LogP contribution in [0.4, 0.5) is 0 Å². The molecule has 2 fully saturated rings. The molecule has 2 unspecified atom stereocenters. The van der Waals surface area contributed by atoms with Crippen LogP contribution in [-0.4, -0.2) is 61.8 Å². The van der Waals surface area contributed by atoms with E-state index in [9.17, 15) is 4.79 Å². The van der Waals surface area contributed by atoms with E-state index in [1.54, 1.807) is 26.4 Å². The van der Waals surface area contributed by atoms with Crippen LogP contribution in [0, 0.1) is 0 Å². The molecule has 7 heteroatoms. The van der Waals surface area contributed by atoms with Crippen LogP contribution < -0.4 is 14.2 Å². The molecule has 32 heavy (non-hydrogen) atoms. The van der Waals surface area contributed by atoms with Crippen LogP contribution in [0.15, 0.2) is 42.5 Å². The number of rotatable bonds is 9. The first-order valence-electron chi connectivity index (χ1n) is 11.1. The summed E-state index contributed by atoms with van der Waals surface area (Å²) in [5.41, 5.74) is 1.58. The minimum atomic E-state index is -0.0146. The first-order chi connectivity index (χ1) is 15.7. The van der Waals surface area contributed by atoms with Crippen LogP contribution >= 0.6 is 11.8 Å². The highest BCUT2D eigenvalue weighted by molar-refractivity contribution is 7.99. The maximum absolute atomic E-state index is 13.7. The number of ether oxygens (including phenoxy) is 4. The molecule has 172 valence electrons. The summed E-state index contributed by atoms with van der Waals surface area (Å²) in [6.45, 7) is 1.79. The van der Waals surface area contributed by atoms with E-state index in [1.165, 1.54) is 0 Å². The molecule has 0 bridgehead atoms. The topological polar surface area (TPSA) is 57.2 Å². The maximum Gasteiger partial charge on any atom is 0.254 e. The molecule has 0 aliphatic carbocycles. The second-order valence-corrected chi connectivity index (χ2v) is 9.24. The fourth-order valence-corrected chi connectivity index (χ4v) is 5.44. The van der Waals surface area contributed by atoms with Crippen molar-refractivity contribution >= 4 is 17.7 Å². The Morgan fingerprint density at radius 3 is 2.47 bits per heavy atom. The highest BCUT2D eigenvalue weighted by atomic mass is 32.2. The van der Waals surface area contributed by atoms with E-state index in [-0.39, 0.29) is 18.1 Å².